The van der Waals surface area contributed by atoms with Crippen molar-refractivity contribution in [1.82, 2.24) is 10.4 Å². The minimum atomic E-state index is -0.556. The third-order valence-electron chi connectivity index (χ3n) is 3.69. The second-order valence-corrected chi connectivity index (χ2v) is 7.28. The van der Waals surface area contributed by atoms with E-state index in [9.17, 15) is 9.59 Å². The van der Waals surface area contributed by atoms with Crippen LogP contribution in [0.15, 0.2) is 54.6 Å². The minimum Gasteiger partial charge on any atom is -0.273 e. The largest absolute Gasteiger partial charge is 0.273 e. The van der Waals surface area contributed by atoms with E-state index in [1.54, 1.807) is 24.3 Å². The zero-order valence-electron chi connectivity index (χ0n) is 14.8. The van der Waals surface area contributed by atoms with Crippen LogP contribution >= 0.6 is 11.6 Å². The van der Waals surface area contributed by atoms with E-state index in [0.717, 1.165) is 5.56 Å². The normalized spacial score (nSPS) is 11.0. The Balaban J connectivity index is 2.06. The molecule has 2 aromatic rings. The maximum absolute atomic E-state index is 12.8. The summed E-state index contributed by atoms with van der Waals surface area (Å²) in [6, 6.07) is 16.4. The van der Waals surface area contributed by atoms with Gasteiger partial charge in [0.05, 0.1) is 5.54 Å². The summed E-state index contributed by atoms with van der Waals surface area (Å²) in [6.07, 6.45) is 0.935. The van der Waals surface area contributed by atoms with E-state index in [1.807, 2.05) is 51.1 Å². The second-order valence-electron chi connectivity index (χ2n) is 6.84. The molecule has 2 aromatic carbocycles. The number of hydrogen-bond donors (Lipinski definition) is 1. The van der Waals surface area contributed by atoms with Crippen molar-refractivity contribution >= 4 is 23.4 Å². The number of nitrogens with zero attached hydrogens (tertiary/aromatic N) is 1. The molecule has 0 aliphatic carbocycles. The maximum atomic E-state index is 12.8. The summed E-state index contributed by atoms with van der Waals surface area (Å²) in [5.74, 6) is -0.460. The van der Waals surface area contributed by atoms with E-state index in [2.05, 4.69) is 5.43 Å². The first-order chi connectivity index (χ1) is 11.8. The highest BCUT2D eigenvalue weighted by Crippen LogP contribution is 2.17. The molecule has 0 aliphatic rings. The zero-order chi connectivity index (χ0) is 18.4. The Hall–Kier alpha value is -2.33. The molecule has 5 heteroatoms. The fraction of sp³-hybridized carbons (Fsp3) is 0.300. The predicted molar refractivity (Wildman–Crippen MR) is 100 cm³/mol. The van der Waals surface area contributed by atoms with E-state index in [1.165, 1.54) is 5.01 Å². The van der Waals surface area contributed by atoms with Gasteiger partial charge in [-0.05, 0) is 57.0 Å². The lowest BCUT2D eigenvalue weighted by atomic mass is 10.1. The van der Waals surface area contributed by atoms with Crippen molar-refractivity contribution in [3.63, 3.8) is 0 Å². The van der Waals surface area contributed by atoms with Gasteiger partial charge in [0.1, 0.15) is 0 Å². The highest BCUT2D eigenvalue weighted by atomic mass is 35.5. The van der Waals surface area contributed by atoms with Gasteiger partial charge in [0.25, 0.3) is 5.91 Å². The number of aryl methyl sites for hydroxylation is 1. The molecule has 2 rings (SSSR count). The Morgan fingerprint density at radius 3 is 2.16 bits per heavy atom. The molecule has 0 heterocycles. The number of halogens is 1. The Morgan fingerprint density at radius 2 is 1.60 bits per heavy atom. The summed E-state index contributed by atoms with van der Waals surface area (Å²) in [7, 11) is 0. The number of benzene rings is 2. The SMILES string of the molecule is CC(C)(C)N(NC(=O)CCc1ccccc1)C(=O)c1ccc(Cl)cc1. The van der Waals surface area contributed by atoms with Crippen LogP contribution in [0, 0.1) is 0 Å². The van der Waals surface area contributed by atoms with Crippen LogP contribution < -0.4 is 5.43 Å². The van der Waals surface area contributed by atoms with Crippen LogP contribution in [0.2, 0.25) is 5.02 Å². The monoisotopic (exact) mass is 358 g/mol. The second kappa shape index (κ2) is 8.17. The van der Waals surface area contributed by atoms with Gasteiger partial charge in [-0.25, -0.2) is 5.01 Å². The molecule has 132 valence electrons. The number of hydrogen-bond acceptors (Lipinski definition) is 2. The van der Waals surface area contributed by atoms with Crippen LogP contribution in [0.25, 0.3) is 0 Å². The number of rotatable bonds is 4. The summed E-state index contributed by atoms with van der Waals surface area (Å²) in [5.41, 5.74) is 3.76. The maximum Gasteiger partial charge on any atom is 0.272 e. The molecule has 2 amide bonds. The van der Waals surface area contributed by atoms with Crippen LogP contribution in [0.4, 0.5) is 0 Å². The van der Waals surface area contributed by atoms with Gasteiger partial charge in [0.15, 0.2) is 0 Å². The van der Waals surface area contributed by atoms with Crippen LogP contribution in [0.1, 0.15) is 43.1 Å². The quantitative estimate of drug-likeness (QED) is 0.831. The summed E-state index contributed by atoms with van der Waals surface area (Å²) in [6.45, 7) is 5.62. The van der Waals surface area contributed by atoms with Crippen molar-refractivity contribution in [3.05, 3.63) is 70.7 Å². The zero-order valence-corrected chi connectivity index (χ0v) is 15.5. The van der Waals surface area contributed by atoms with Gasteiger partial charge in [-0.2, -0.15) is 0 Å². The van der Waals surface area contributed by atoms with E-state index in [0.29, 0.717) is 23.4 Å². The number of amides is 2. The smallest absolute Gasteiger partial charge is 0.272 e. The molecule has 1 N–H and O–H groups in total. The fourth-order valence-electron chi connectivity index (χ4n) is 2.33. The third kappa shape index (κ3) is 5.61. The topological polar surface area (TPSA) is 49.4 Å². The van der Waals surface area contributed by atoms with Crippen molar-refractivity contribution in [1.29, 1.82) is 0 Å². The van der Waals surface area contributed by atoms with E-state index in [4.69, 9.17) is 11.6 Å². The summed E-state index contributed by atoms with van der Waals surface area (Å²) in [4.78, 5) is 25.1. The molecule has 0 fully saturated rings. The van der Waals surface area contributed by atoms with Crippen molar-refractivity contribution < 1.29 is 9.59 Å². The number of carbonyl (C=O) groups is 2. The Labute approximate surface area is 153 Å². The van der Waals surface area contributed by atoms with Crippen molar-refractivity contribution in [2.45, 2.75) is 39.2 Å². The fourth-order valence-corrected chi connectivity index (χ4v) is 2.45. The molecule has 0 unspecified atom stereocenters. The Kier molecular flexibility index (Phi) is 6.21. The Morgan fingerprint density at radius 1 is 1.00 bits per heavy atom. The minimum absolute atomic E-state index is 0.193. The first kappa shape index (κ1) is 19.0. The van der Waals surface area contributed by atoms with Crippen LogP contribution in [0.3, 0.4) is 0 Å². The van der Waals surface area contributed by atoms with Crippen LogP contribution in [-0.4, -0.2) is 22.4 Å². The highest BCUT2D eigenvalue weighted by molar-refractivity contribution is 6.30. The van der Waals surface area contributed by atoms with Gasteiger partial charge < -0.3 is 0 Å². The highest BCUT2D eigenvalue weighted by Gasteiger charge is 2.29. The predicted octanol–water partition coefficient (Wildman–Crippen LogP) is 4.24. The summed E-state index contributed by atoms with van der Waals surface area (Å²) >= 11 is 5.87. The van der Waals surface area contributed by atoms with Gasteiger partial charge in [0, 0.05) is 17.0 Å². The summed E-state index contributed by atoms with van der Waals surface area (Å²) in [5, 5.41) is 1.94. The van der Waals surface area contributed by atoms with Crippen molar-refractivity contribution in [2.24, 2.45) is 0 Å². The molecule has 0 bridgehead atoms. The first-order valence-electron chi connectivity index (χ1n) is 8.21. The van der Waals surface area contributed by atoms with Crippen LogP contribution in [0.5, 0.6) is 0 Å². The van der Waals surface area contributed by atoms with E-state index < -0.39 is 5.54 Å². The Bertz CT molecular complexity index is 722. The lowest BCUT2D eigenvalue weighted by molar-refractivity contribution is -0.126. The summed E-state index contributed by atoms with van der Waals surface area (Å²) < 4.78 is 0. The molecule has 0 atom stereocenters. The van der Waals surface area contributed by atoms with Gasteiger partial charge in [-0.1, -0.05) is 41.9 Å². The third-order valence-corrected chi connectivity index (χ3v) is 3.94. The van der Waals surface area contributed by atoms with Gasteiger partial charge in [-0.15, -0.1) is 0 Å². The van der Waals surface area contributed by atoms with Crippen LogP contribution in [-0.2, 0) is 11.2 Å². The molecule has 0 radical (unpaired) electrons. The standard InChI is InChI=1S/C20H23ClN2O2/c1-20(2,3)23(19(25)16-10-12-17(21)13-11-16)22-18(24)14-9-15-7-5-4-6-8-15/h4-8,10-13H,9,14H2,1-3H3,(H,22,24). The lowest BCUT2D eigenvalue weighted by Crippen LogP contribution is -2.55. The van der Waals surface area contributed by atoms with E-state index in [-0.39, 0.29) is 11.8 Å². The van der Waals surface area contributed by atoms with Crippen molar-refractivity contribution in [2.75, 3.05) is 0 Å². The molecular formula is C20H23ClN2O2. The average molecular weight is 359 g/mol. The molecule has 25 heavy (non-hydrogen) atoms. The molecule has 0 aliphatic heterocycles. The molecule has 0 saturated carbocycles. The van der Waals surface area contributed by atoms with E-state index >= 15 is 0 Å². The molecule has 0 aromatic heterocycles. The number of carbonyl (C=O) groups excluding carboxylic acids is 2. The molecule has 4 nitrogen and oxygen atoms in total. The van der Waals surface area contributed by atoms with Crippen molar-refractivity contribution in [3.8, 4) is 0 Å². The lowest BCUT2D eigenvalue weighted by Gasteiger charge is -2.35. The number of nitrogens with one attached hydrogen (secondary N) is 1. The molecular weight excluding hydrogens is 336 g/mol. The molecule has 0 spiro atoms. The first-order valence-corrected chi connectivity index (χ1v) is 8.59. The van der Waals surface area contributed by atoms with Gasteiger partial charge >= 0.3 is 0 Å². The average Bonchev–Trinajstić information content (AvgIpc) is 2.58. The van der Waals surface area contributed by atoms with Gasteiger partial charge in [0.2, 0.25) is 5.91 Å². The molecule has 0 saturated heterocycles. The van der Waals surface area contributed by atoms with Gasteiger partial charge in [-0.3, -0.25) is 15.0 Å². The number of hydrazine groups is 1.